The summed E-state index contributed by atoms with van der Waals surface area (Å²) in [6, 6.07) is 6.21. The third kappa shape index (κ3) is 6.43. The maximum Gasteiger partial charge on any atom is 0.191 e. The lowest BCUT2D eigenvalue weighted by Crippen LogP contribution is -2.51. The Balaban J connectivity index is 0.00000288. The zero-order chi connectivity index (χ0) is 16.7. The first-order valence-corrected chi connectivity index (χ1v) is 7.99. The molecule has 0 saturated carbocycles. The molecule has 5 nitrogen and oxygen atoms in total. The fourth-order valence-electron chi connectivity index (χ4n) is 2.28. The van der Waals surface area contributed by atoms with Crippen molar-refractivity contribution in [3.63, 3.8) is 0 Å². The number of aliphatic imine (C=N–C) groups is 1. The first kappa shape index (κ1) is 21.0. The molecule has 0 amide bonds. The van der Waals surface area contributed by atoms with Crippen LogP contribution in [0.25, 0.3) is 0 Å². The Labute approximate surface area is 160 Å². The minimum absolute atomic E-state index is 0. The van der Waals surface area contributed by atoms with Gasteiger partial charge in [-0.15, -0.1) is 24.0 Å². The summed E-state index contributed by atoms with van der Waals surface area (Å²) in [5, 5.41) is 6.56. The zero-order valence-electron chi connectivity index (χ0n) is 14.5. The number of hydrogen-bond acceptors (Lipinski definition) is 3. The second kappa shape index (κ2) is 10.0. The standard InChI is InChI=1S/C17H26FN3O2.HI/c1-4-14(23-15-7-5-6-13(18)8-15)9-20-16(19-3)21-10-17(2)11-22-12-17;/h5-8,14H,4,9-12H2,1-3H3,(H2,19,20,21);1H. The quantitative estimate of drug-likeness (QED) is 0.381. The number of rotatable bonds is 7. The third-order valence-electron chi connectivity index (χ3n) is 3.86. The second-order valence-electron chi connectivity index (χ2n) is 6.22. The lowest BCUT2D eigenvalue weighted by molar-refractivity contribution is -0.0971. The number of guanidine groups is 1. The topological polar surface area (TPSA) is 54.9 Å². The highest BCUT2D eigenvalue weighted by Crippen LogP contribution is 2.24. The van der Waals surface area contributed by atoms with E-state index in [1.54, 1.807) is 19.2 Å². The van der Waals surface area contributed by atoms with Crippen LogP contribution in [0.4, 0.5) is 4.39 Å². The van der Waals surface area contributed by atoms with Gasteiger partial charge in [-0.05, 0) is 18.6 Å². The summed E-state index contributed by atoms with van der Waals surface area (Å²) in [5.41, 5.74) is 0.180. The van der Waals surface area contributed by atoms with Crippen LogP contribution in [-0.2, 0) is 4.74 Å². The molecule has 0 aliphatic carbocycles. The van der Waals surface area contributed by atoms with Gasteiger partial charge < -0.3 is 20.1 Å². The van der Waals surface area contributed by atoms with Crippen molar-refractivity contribution in [1.29, 1.82) is 0 Å². The number of ether oxygens (including phenoxy) is 2. The molecule has 24 heavy (non-hydrogen) atoms. The predicted octanol–water partition coefficient (Wildman–Crippen LogP) is 2.80. The van der Waals surface area contributed by atoms with Gasteiger partial charge in [-0.25, -0.2) is 4.39 Å². The summed E-state index contributed by atoms with van der Waals surface area (Å²) in [5.74, 6) is 0.985. The van der Waals surface area contributed by atoms with Gasteiger partial charge in [-0.2, -0.15) is 0 Å². The minimum atomic E-state index is -0.293. The van der Waals surface area contributed by atoms with Crippen molar-refractivity contribution in [2.24, 2.45) is 10.4 Å². The highest BCUT2D eigenvalue weighted by atomic mass is 127. The van der Waals surface area contributed by atoms with Gasteiger partial charge in [0.15, 0.2) is 5.96 Å². The van der Waals surface area contributed by atoms with Gasteiger partial charge in [0.1, 0.15) is 17.7 Å². The molecule has 1 saturated heterocycles. The minimum Gasteiger partial charge on any atom is -0.489 e. The van der Waals surface area contributed by atoms with Gasteiger partial charge in [-0.1, -0.05) is 19.9 Å². The molecule has 1 heterocycles. The summed E-state index contributed by atoms with van der Waals surface area (Å²) in [6.45, 7) is 7.18. The number of nitrogens with zero attached hydrogens (tertiary/aromatic N) is 1. The lowest BCUT2D eigenvalue weighted by Gasteiger charge is -2.38. The van der Waals surface area contributed by atoms with Crippen LogP contribution in [0.1, 0.15) is 20.3 Å². The number of nitrogens with one attached hydrogen (secondary N) is 2. The van der Waals surface area contributed by atoms with E-state index < -0.39 is 0 Å². The van der Waals surface area contributed by atoms with Crippen LogP contribution in [0, 0.1) is 11.2 Å². The first-order valence-electron chi connectivity index (χ1n) is 7.99. The molecular formula is C17H27FIN3O2. The summed E-state index contributed by atoms with van der Waals surface area (Å²) in [7, 11) is 1.74. The highest BCUT2D eigenvalue weighted by molar-refractivity contribution is 14.0. The molecule has 2 N–H and O–H groups in total. The van der Waals surface area contributed by atoms with E-state index in [9.17, 15) is 4.39 Å². The molecule has 136 valence electrons. The van der Waals surface area contributed by atoms with Gasteiger partial charge in [-0.3, -0.25) is 4.99 Å². The lowest BCUT2D eigenvalue weighted by atomic mass is 9.89. The fraction of sp³-hybridized carbons (Fsp3) is 0.588. The van der Waals surface area contributed by atoms with E-state index in [1.807, 2.05) is 6.92 Å². The zero-order valence-corrected chi connectivity index (χ0v) is 16.8. The van der Waals surface area contributed by atoms with E-state index in [2.05, 4.69) is 22.5 Å². The van der Waals surface area contributed by atoms with Crippen molar-refractivity contribution in [2.45, 2.75) is 26.4 Å². The van der Waals surface area contributed by atoms with Gasteiger partial charge in [0.05, 0.1) is 19.8 Å². The molecule has 1 aromatic rings. The molecule has 0 radical (unpaired) electrons. The van der Waals surface area contributed by atoms with E-state index in [1.165, 1.54) is 12.1 Å². The Morgan fingerprint density at radius 1 is 1.42 bits per heavy atom. The maximum atomic E-state index is 13.2. The summed E-state index contributed by atoms with van der Waals surface area (Å²) >= 11 is 0. The predicted molar refractivity (Wildman–Crippen MR) is 105 cm³/mol. The molecule has 1 aliphatic heterocycles. The van der Waals surface area contributed by atoms with Crippen LogP contribution in [0.3, 0.4) is 0 Å². The molecule has 0 spiro atoms. The van der Waals surface area contributed by atoms with Crippen molar-refractivity contribution < 1.29 is 13.9 Å². The van der Waals surface area contributed by atoms with Crippen molar-refractivity contribution in [3.8, 4) is 5.75 Å². The maximum absolute atomic E-state index is 13.2. The Morgan fingerprint density at radius 2 is 2.17 bits per heavy atom. The van der Waals surface area contributed by atoms with E-state index >= 15 is 0 Å². The summed E-state index contributed by atoms with van der Waals surface area (Å²) in [4.78, 5) is 4.21. The largest absolute Gasteiger partial charge is 0.489 e. The number of benzene rings is 1. The van der Waals surface area contributed by atoms with Gasteiger partial charge in [0.2, 0.25) is 0 Å². The highest BCUT2D eigenvalue weighted by Gasteiger charge is 2.33. The molecule has 1 unspecified atom stereocenters. The Bertz CT molecular complexity index is 538. The molecule has 1 aliphatic rings. The average molecular weight is 451 g/mol. The molecule has 0 aromatic heterocycles. The van der Waals surface area contributed by atoms with E-state index in [4.69, 9.17) is 9.47 Å². The van der Waals surface area contributed by atoms with Gasteiger partial charge >= 0.3 is 0 Å². The second-order valence-corrected chi connectivity index (χ2v) is 6.22. The molecule has 1 fully saturated rings. The van der Waals surface area contributed by atoms with Crippen molar-refractivity contribution in [2.75, 3.05) is 33.4 Å². The van der Waals surface area contributed by atoms with Crippen molar-refractivity contribution in [1.82, 2.24) is 10.6 Å². The number of hydrogen-bond donors (Lipinski definition) is 2. The first-order chi connectivity index (χ1) is 11.0. The fourth-order valence-corrected chi connectivity index (χ4v) is 2.28. The van der Waals surface area contributed by atoms with Crippen LogP contribution in [0.2, 0.25) is 0 Å². The average Bonchev–Trinajstić information content (AvgIpc) is 2.52. The normalized spacial score (nSPS) is 17.2. The van der Waals surface area contributed by atoms with E-state index in [0.29, 0.717) is 12.3 Å². The Kier molecular flexibility index (Phi) is 8.75. The Hall–Kier alpha value is -1.09. The van der Waals surface area contributed by atoms with Crippen LogP contribution in [0.15, 0.2) is 29.3 Å². The van der Waals surface area contributed by atoms with Gasteiger partial charge in [0.25, 0.3) is 0 Å². The monoisotopic (exact) mass is 451 g/mol. The van der Waals surface area contributed by atoms with Crippen LogP contribution >= 0.6 is 24.0 Å². The van der Waals surface area contributed by atoms with E-state index in [0.717, 1.165) is 32.1 Å². The van der Waals surface area contributed by atoms with Crippen LogP contribution in [-0.4, -0.2) is 45.4 Å². The van der Waals surface area contributed by atoms with Gasteiger partial charge in [0, 0.05) is 25.1 Å². The molecule has 1 atom stereocenters. The number of halogens is 2. The smallest absolute Gasteiger partial charge is 0.191 e. The SMILES string of the molecule is CCC(CNC(=NC)NCC1(C)COC1)Oc1cccc(F)c1.I. The Morgan fingerprint density at radius 3 is 2.71 bits per heavy atom. The van der Waals surface area contributed by atoms with Crippen molar-refractivity contribution in [3.05, 3.63) is 30.1 Å². The summed E-state index contributed by atoms with van der Waals surface area (Å²) < 4.78 is 24.3. The third-order valence-corrected chi connectivity index (χ3v) is 3.86. The molecule has 7 heteroatoms. The molecule has 0 bridgehead atoms. The van der Waals surface area contributed by atoms with E-state index in [-0.39, 0.29) is 41.3 Å². The molecular weight excluding hydrogens is 424 g/mol. The van der Waals surface area contributed by atoms with Crippen molar-refractivity contribution >= 4 is 29.9 Å². The molecule has 2 rings (SSSR count). The van der Waals surface area contributed by atoms with Crippen LogP contribution < -0.4 is 15.4 Å². The van der Waals surface area contributed by atoms with Crippen LogP contribution in [0.5, 0.6) is 5.75 Å². The molecule has 1 aromatic carbocycles. The summed E-state index contributed by atoms with van der Waals surface area (Å²) in [6.07, 6.45) is 0.754.